The number of carbonyl (C=O) groups excluding carboxylic acids is 1. The number of hydrogen-bond donors (Lipinski definition) is 1. The van der Waals surface area contributed by atoms with E-state index >= 15 is 0 Å². The van der Waals surface area contributed by atoms with Gasteiger partial charge in [-0.1, -0.05) is 6.07 Å². The fourth-order valence-corrected chi connectivity index (χ4v) is 3.59. The molecule has 3 heterocycles. The third-order valence-corrected chi connectivity index (χ3v) is 4.72. The molecule has 2 aliphatic heterocycles. The average Bonchev–Trinajstić information content (AvgIpc) is 2.97. The smallest absolute Gasteiger partial charge is 0.230 e. The molecule has 6 heteroatoms. The number of aromatic nitrogens is 1. The second-order valence-electron chi connectivity index (χ2n) is 6.06. The Morgan fingerprint density at radius 2 is 2.23 bits per heavy atom. The number of aliphatic hydroxyl groups excluding tert-OH is 1. The SMILES string of the molecule is N#Cc1cccc(N2CC[C@@]3(CCCN(CCO)C3=O)C2)n1. The highest BCUT2D eigenvalue weighted by Crippen LogP contribution is 2.41. The number of amides is 1. The summed E-state index contributed by atoms with van der Waals surface area (Å²) in [5.41, 5.74) is 0.0490. The van der Waals surface area contributed by atoms with Crippen molar-refractivity contribution in [3.05, 3.63) is 23.9 Å². The first-order valence-corrected chi connectivity index (χ1v) is 7.71. The normalized spacial score (nSPS) is 24.8. The molecule has 1 amide bonds. The summed E-state index contributed by atoms with van der Waals surface area (Å²) in [5, 5.41) is 18.1. The third kappa shape index (κ3) is 2.53. The van der Waals surface area contributed by atoms with Crippen molar-refractivity contribution < 1.29 is 9.90 Å². The van der Waals surface area contributed by atoms with Gasteiger partial charge in [0.2, 0.25) is 5.91 Å². The summed E-state index contributed by atoms with van der Waals surface area (Å²) in [6, 6.07) is 7.45. The van der Waals surface area contributed by atoms with E-state index in [1.807, 2.05) is 12.1 Å². The second kappa shape index (κ2) is 5.93. The highest BCUT2D eigenvalue weighted by Gasteiger charge is 2.48. The summed E-state index contributed by atoms with van der Waals surface area (Å²) in [7, 11) is 0. The van der Waals surface area contributed by atoms with E-state index < -0.39 is 0 Å². The Labute approximate surface area is 130 Å². The van der Waals surface area contributed by atoms with Crippen LogP contribution in [0.1, 0.15) is 25.0 Å². The van der Waals surface area contributed by atoms with Gasteiger partial charge in [0.25, 0.3) is 0 Å². The van der Waals surface area contributed by atoms with E-state index in [9.17, 15) is 4.79 Å². The summed E-state index contributed by atoms with van der Waals surface area (Å²) >= 11 is 0. The molecule has 1 spiro atoms. The first kappa shape index (κ1) is 14.8. The monoisotopic (exact) mass is 300 g/mol. The van der Waals surface area contributed by atoms with Crippen molar-refractivity contribution in [2.45, 2.75) is 19.3 Å². The Hall–Kier alpha value is -2.13. The van der Waals surface area contributed by atoms with Crippen molar-refractivity contribution in [3.8, 4) is 6.07 Å². The molecule has 0 radical (unpaired) electrons. The van der Waals surface area contributed by atoms with Crippen LogP contribution in [0.25, 0.3) is 0 Å². The zero-order valence-electron chi connectivity index (χ0n) is 12.5. The maximum absolute atomic E-state index is 12.8. The van der Waals surface area contributed by atoms with E-state index in [1.54, 1.807) is 11.0 Å². The first-order chi connectivity index (χ1) is 10.7. The summed E-state index contributed by atoms with van der Waals surface area (Å²) in [6.45, 7) is 2.60. The summed E-state index contributed by atoms with van der Waals surface area (Å²) in [6.07, 6.45) is 2.68. The van der Waals surface area contributed by atoms with E-state index in [2.05, 4.69) is 16.0 Å². The van der Waals surface area contributed by atoms with Gasteiger partial charge in [-0.2, -0.15) is 5.26 Å². The molecule has 22 heavy (non-hydrogen) atoms. The molecule has 0 aliphatic carbocycles. The third-order valence-electron chi connectivity index (χ3n) is 4.72. The topological polar surface area (TPSA) is 80.5 Å². The van der Waals surface area contributed by atoms with Crippen molar-refractivity contribution in [1.82, 2.24) is 9.88 Å². The summed E-state index contributed by atoms with van der Waals surface area (Å²) in [4.78, 5) is 21.0. The van der Waals surface area contributed by atoms with Gasteiger partial charge < -0.3 is 14.9 Å². The minimum absolute atomic E-state index is 0.0112. The van der Waals surface area contributed by atoms with Crippen LogP contribution in [0.2, 0.25) is 0 Å². The quantitative estimate of drug-likeness (QED) is 0.891. The van der Waals surface area contributed by atoms with E-state index in [1.165, 1.54) is 0 Å². The van der Waals surface area contributed by atoms with Crippen LogP contribution in [0.15, 0.2) is 18.2 Å². The second-order valence-corrected chi connectivity index (χ2v) is 6.06. The molecule has 3 rings (SSSR count). The van der Waals surface area contributed by atoms with Gasteiger partial charge in [0.05, 0.1) is 12.0 Å². The molecule has 0 aromatic carbocycles. The minimum Gasteiger partial charge on any atom is -0.395 e. The number of likely N-dealkylation sites (tertiary alicyclic amines) is 1. The van der Waals surface area contributed by atoms with E-state index in [-0.39, 0.29) is 17.9 Å². The number of carbonyl (C=O) groups is 1. The lowest BCUT2D eigenvalue weighted by Crippen LogP contribution is -2.50. The molecule has 1 aromatic heterocycles. The molecule has 6 nitrogen and oxygen atoms in total. The first-order valence-electron chi connectivity index (χ1n) is 7.71. The van der Waals surface area contributed by atoms with Gasteiger partial charge in [0, 0.05) is 26.2 Å². The highest BCUT2D eigenvalue weighted by atomic mass is 16.3. The van der Waals surface area contributed by atoms with Crippen LogP contribution in [-0.4, -0.2) is 53.7 Å². The molecule has 1 aromatic rings. The van der Waals surface area contributed by atoms with Crippen LogP contribution in [0, 0.1) is 16.7 Å². The summed E-state index contributed by atoms with van der Waals surface area (Å²) in [5.74, 6) is 0.926. The number of rotatable bonds is 3. The Bertz CT molecular complexity index is 610. The number of anilines is 1. The molecular formula is C16H20N4O2. The maximum Gasteiger partial charge on any atom is 0.230 e. The molecule has 116 valence electrons. The molecular weight excluding hydrogens is 280 g/mol. The Morgan fingerprint density at radius 1 is 1.36 bits per heavy atom. The zero-order valence-corrected chi connectivity index (χ0v) is 12.5. The van der Waals surface area contributed by atoms with Gasteiger partial charge in [0.15, 0.2) is 0 Å². The van der Waals surface area contributed by atoms with Gasteiger partial charge >= 0.3 is 0 Å². The van der Waals surface area contributed by atoms with Gasteiger partial charge in [-0.05, 0) is 31.4 Å². The van der Waals surface area contributed by atoms with Gasteiger partial charge in [-0.15, -0.1) is 0 Å². The molecule has 2 fully saturated rings. The van der Waals surface area contributed by atoms with E-state index in [0.717, 1.165) is 38.2 Å². The molecule has 1 N–H and O–H groups in total. The fraction of sp³-hybridized carbons (Fsp3) is 0.562. The van der Waals surface area contributed by atoms with Crippen molar-refractivity contribution in [2.75, 3.05) is 37.7 Å². The van der Waals surface area contributed by atoms with Gasteiger partial charge in [0.1, 0.15) is 17.6 Å². The molecule has 2 saturated heterocycles. The lowest BCUT2D eigenvalue weighted by molar-refractivity contribution is -0.145. The van der Waals surface area contributed by atoms with Crippen molar-refractivity contribution >= 4 is 11.7 Å². The van der Waals surface area contributed by atoms with E-state index in [0.29, 0.717) is 18.8 Å². The van der Waals surface area contributed by atoms with Crippen LogP contribution in [-0.2, 0) is 4.79 Å². The number of aliphatic hydroxyl groups is 1. The van der Waals surface area contributed by atoms with Crippen LogP contribution >= 0.6 is 0 Å². The molecule has 0 bridgehead atoms. The number of nitriles is 1. The number of hydrogen-bond acceptors (Lipinski definition) is 5. The van der Waals surface area contributed by atoms with Crippen LogP contribution in [0.4, 0.5) is 5.82 Å². The molecule has 1 atom stereocenters. The Kier molecular flexibility index (Phi) is 3.99. The number of pyridine rings is 1. The predicted molar refractivity (Wildman–Crippen MR) is 81.1 cm³/mol. The van der Waals surface area contributed by atoms with Crippen molar-refractivity contribution in [2.24, 2.45) is 5.41 Å². The molecule has 0 saturated carbocycles. The lowest BCUT2D eigenvalue weighted by Gasteiger charge is -2.39. The Morgan fingerprint density at radius 3 is 3.00 bits per heavy atom. The van der Waals surface area contributed by atoms with Crippen LogP contribution < -0.4 is 4.90 Å². The van der Waals surface area contributed by atoms with Crippen LogP contribution in [0.3, 0.4) is 0 Å². The standard InChI is InChI=1S/C16H20N4O2/c17-11-13-3-1-4-14(18-13)20-8-6-16(12-20)5-2-7-19(9-10-21)15(16)22/h1,3-4,21H,2,5-10,12H2/t16-/m0/s1. The highest BCUT2D eigenvalue weighted by molar-refractivity contribution is 5.85. The maximum atomic E-state index is 12.8. The lowest BCUT2D eigenvalue weighted by atomic mass is 9.78. The van der Waals surface area contributed by atoms with Crippen molar-refractivity contribution in [3.63, 3.8) is 0 Å². The van der Waals surface area contributed by atoms with Crippen LogP contribution in [0.5, 0.6) is 0 Å². The number of piperidine rings is 1. The van der Waals surface area contributed by atoms with Gasteiger partial charge in [-0.3, -0.25) is 4.79 Å². The zero-order chi connectivity index (χ0) is 15.6. The van der Waals surface area contributed by atoms with E-state index in [4.69, 9.17) is 10.4 Å². The number of nitrogens with zero attached hydrogens (tertiary/aromatic N) is 4. The molecule has 2 aliphatic rings. The number of β-amino-alcohol motifs (C(OH)–C–C–N with tert-alkyl or cyclic N) is 1. The summed E-state index contributed by atoms with van der Waals surface area (Å²) < 4.78 is 0. The minimum atomic E-state index is -0.349. The fourth-order valence-electron chi connectivity index (χ4n) is 3.59. The van der Waals surface area contributed by atoms with Crippen molar-refractivity contribution in [1.29, 1.82) is 5.26 Å². The largest absolute Gasteiger partial charge is 0.395 e. The molecule has 0 unspecified atom stereocenters. The van der Waals surface area contributed by atoms with Gasteiger partial charge in [-0.25, -0.2) is 4.98 Å². The average molecular weight is 300 g/mol. The predicted octanol–water partition coefficient (Wildman–Crippen LogP) is 0.764. The Balaban J connectivity index is 1.78.